The zero-order valence-corrected chi connectivity index (χ0v) is 18.6. The monoisotopic (exact) mass is 433 g/mol. The number of furan rings is 1. The summed E-state index contributed by atoms with van der Waals surface area (Å²) in [5.41, 5.74) is 1.97. The number of carbonyl (C=O) groups excluding carboxylic acids is 2. The van der Waals surface area contributed by atoms with Crippen LogP contribution in [0.4, 0.5) is 0 Å². The fraction of sp³-hybridized carbons (Fsp3) is 0.462. The molecule has 6 nitrogen and oxygen atoms in total. The van der Waals surface area contributed by atoms with E-state index in [0.29, 0.717) is 5.76 Å². The standard InChI is InChI=1S/C26H31N3O3/c1-17-11-14-23(32-17)25(26(31)28-19-7-3-2-4-8-19)29(20-12-13-20)24(30)15-18-16-27-22-10-6-5-9-21(18)22/h5-6,9-11,14,16,19-20,25,27H,2-4,7-8,12-13,15H2,1H3,(H,28,31)/t25-/m0/s1. The van der Waals surface area contributed by atoms with Crippen LogP contribution in [0, 0.1) is 6.92 Å². The van der Waals surface area contributed by atoms with Gasteiger partial charge >= 0.3 is 0 Å². The van der Waals surface area contributed by atoms with Crippen molar-refractivity contribution in [2.24, 2.45) is 0 Å². The molecule has 2 aromatic heterocycles. The lowest BCUT2D eigenvalue weighted by Gasteiger charge is -2.32. The van der Waals surface area contributed by atoms with Crippen LogP contribution in [0.3, 0.4) is 0 Å². The molecule has 32 heavy (non-hydrogen) atoms. The van der Waals surface area contributed by atoms with Gasteiger partial charge in [-0.15, -0.1) is 0 Å². The second kappa shape index (κ2) is 8.85. The smallest absolute Gasteiger partial charge is 0.250 e. The summed E-state index contributed by atoms with van der Waals surface area (Å²) in [7, 11) is 0. The van der Waals surface area contributed by atoms with Gasteiger partial charge in [-0.25, -0.2) is 0 Å². The van der Waals surface area contributed by atoms with Crippen LogP contribution in [0.1, 0.15) is 68.1 Å². The molecule has 0 bridgehead atoms. The average molecular weight is 434 g/mol. The van der Waals surface area contributed by atoms with Crippen molar-refractivity contribution < 1.29 is 14.0 Å². The summed E-state index contributed by atoms with van der Waals surface area (Å²) in [6.45, 7) is 1.87. The van der Waals surface area contributed by atoms with E-state index >= 15 is 0 Å². The van der Waals surface area contributed by atoms with E-state index in [1.54, 1.807) is 4.90 Å². The van der Waals surface area contributed by atoms with Gasteiger partial charge in [0.25, 0.3) is 5.91 Å². The quantitative estimate of drug-likeness (QED) is 0.562. The first-order valence-corrected chi connectivity index (χ1v) is 11.8. The van der Waals surface area contributed by atoms with Crippen molar-refractivity contribution in [3.8, 4) is 0 Å². The summed E-state index contributed by atoms with van der Waals surface area (Å²) < 4.78 is 5.91. The Kier molecular flexibility index (Phi) is 5.77. The first kappa shape index (κ1) is 20.9. The number of aromatic amines is 1. The van der Waals surface area contributed by atoms with Gasteiger partial charge in [-0.2, -0.15) is 0 Å². The van der Waals surface area contributed by atoms with Crippen molar-refractivity contribution in [3.05, 3.63) is 59.7 Å². The van der Waals surface area contributed by atoms with E-state index in [0.717, 1.165) is 60.8 Å². The molecule has 0 spiro atoms. The number of aromatic nitrogens is 1. The Morgan fingerprint density at radius 1 is 1.09 bits per heavy atom. The lowest BCUT2D eigenvalue weighted by molar-refractivity contribution is -0.142. The van der Waals surface area contributed by atoms with E-state index < -0.39 is 6.04 Å². The number of carbonyl (C=O) groups is 2. The molecule has 1 aromatic carbocycles. The molecular weight excluding hydrogens is 402 g/mol. The second-order valence-corrected chi connectivity index (χ2v) is 9.26. The molecule has 0 aliphatic heterocycles. The molecule has 2 amide bonds. The van der Waals surface area contributed by atoms with Crippen LogP contribution in [-0.2, 0) is 16.0 Å². The van der Waals surface area contributed by atoms with Gasteiger partial charge < -0.3 is 19.6 Å². The number of nitrogens with one attached hydrogen (secondary N) is 2. The molecule has 0 radical (unpaired) electrons. The summed E-state index contributed by atoms with van der Waals surface area (Å²) in [5, 5.41) is 4.28. The Balaban J connectivity index is 1.43. The van der Waals surface area contributed by atoms with E-state index in [9.17, 15) is 9.59 Å². The number of amides is 2. The Morgan fingerprint density at radius 2 is 1.88 bits per heavy atom. The van der Waals surface area contributed by atoms with E-state index in [1.165, 1.54) is 6.42 Å². The van der Waals surface area contributed by atoms with Gasteiger partial charge in [0.05, 0.1) is 6.42 Å². The van der Waals surface area contributed by atoms with Crippen molar-refractivity contribution in [2.45, 2.75) is 76.4 Å². The maximum atomic E-state index is 13.6. The van der Waals surface area contributed by atoms with Gasteiger partial charge in [0, 0.05) is 29.2 Å². The number of H-pyrrole nitrogens is 1. The first-order valence-electron chi connectivity index (χ1n) is 11.8. The zero-order chi connectivity index (χ0) is 22.1. The SMILES string of the molecule is Cc1ccc([C@@H](C(=O)NC2CCCCC2)N(C(=O)Cc2c[nH]c3ccccc23)C2CC2)o1. The molecule has 5 rings (SSSR count). The third-order valence-corrected chi connectivity index (χ3v) is 6.75. The van der Waals surface area contributed by atoms with E-state index in [2.05, 4.69) is 10.3 Å². The van der Waals surface area contributed by atoms with Gasteiger partial charge in [-0.05, 0) is 56.4 Å². The molecule has 6 heteroatoms. The molecule has 2 fully saturated rings. The number of aryl methyl sites for hydroxylation is 1. The number of para-hydroxylation sites is 1. The van der Waals surface area contributed by atoms with E-state index in [1.807, 2.05) is 49.5 Å². The Morgan fingerprint density at radius 3 is 2.59 bits per heavy atom. The third-order valence-electron chi connectivity index (χ3n) is 6.75. The minimum absolute atomic E-state index is 0.0323. The predicted octanol–water partition coefficient (Wildman–Crippen LogP) is 4.79. The van der Waals surface area contributed by atoms with Crippen molar-refractivity contribution in [2.75, 3.05) is 0 Å². The molecule has 0 unspecified atom stereocenters. The lowest BCUT2D eigenvalue weighted by Crippen LogP contribution is -2.48. The predicted molar refractivity (Wildman–Crippen MR) is 123 cm³/mol. The molecule has 2 aliphatic rings. The minimum atomic E-state index is -0.726. The van der Waals surface area contributed by atoms with Crippen LogP contribution in [-0.4, -0.2) is 33.8 Å². The van der Waals surface area contributed by atoms with Crippen LogP contribution in [0.25, 0.3) is 10.9 Å². The highest BCUT2D eigenvalue weighted by atomic mass is 16.3. The maximum Gasteiger partial charge on any atom is 0.250 e. The molecule has 2 N–H and O–H groups in total. The molecule has 2 aliphatic carbocycles. The summed E-state index contributed by atoms with van der Waals surface area (Å²) in [6, 6.07) is 11.2. The molecule has 2 heterocycles. The highest BCUT2D eigenvalue weighted by molar-refractivity contribution is 5.92. The molecule has 1 atom stereocenters. The van der Waals surface area contributed by atoms with Gasteiger partial charge in [0.2, 0.25) is 5.91 Å². The van der Waals surface area contributed by atoms with E-state index in [4.69, 9.17) is 4.42 Å². The molecule has 3 aromatic rings. The zero-order valence-electron chi connectivity index (χ0n) is 18.6. The summed E-state index contributed by atoms with van der Waals surface area (Å²) in [4.78, 5) is 32.2. The van der Waals surface area contributed by atoms with Gasteiger partial charge in [0.1, 0.15) is 11.5 Å². The third kappa shape index (κ3) is 4.31. The summed E-state index contributed by atoms with van der Waals surface area (Å²) in [5.74, 6) is 1.14. The summed E-state index contributed by atoms with van der Waals surface area (Å²) >= 11 is 0. The molecule has 0 saturated heterocycles. The van der Waals surface area contributed by atoms with Crippen LogP contribution >= 0.6 is 0 Å². The number of rotatable bonds is 7. The van der Waals surface area contributed by atoms with Gasteiger partial charge in [0.15, 0.2) is 6.04 Å². The van der Waals surface area contributed by atoms with Crippen molar-refractivity contribution in [3.63, 3.8) is 0 Å². The Bertz CT molecular complexity index is 1100. The van der Waals surface area contributed by atoms with Crippen LogP contribution in [0.5, 0.6) is 0 Å². The minimum Gasteiger partial charge on any atom is -0.464 e. The van der Waals surface area contributed by atoms with Crippen molar-refractivity contribution >= 4 is 22.7 Å². The maximum absolute atomic E-state index is 13.6. The van der Waals surface area contributed by atoms with Crippen LogP contribution in [0.2, 0.25) is 0 Å². The molecule has 168 valence electrons. The highest BCUT2D eigenvalue weighted by Crippen LogP contribution is 2.36. The number of nitrogens with zero attached hydrogens (tertiary/aromatic N) is 1. The van der Waals surface area contributed by atoms with Crippen LogP contribution in [0.15, 0.2) is 47.0 Å². The average Bonchev–Trinajstić information content (AvgIpc) is 3.42. The largest absolute Gasteiger partial charge is 0.464 e. The highest BCUT2D eigenvalue weighted by Gasteiger charge is 2.43. The molecular formula is C26H31N3O3. The number of hydrogen-bond donors (Lipinski definition) is 2. The topological polar surface area (TPSA) is 78.3 Å². The van der Waals surface area contributed by atoms with Crippen LogP contribution < -0.4 is 5.32 Å². The second-order valence-electron chi connectivity index (χ2n) is 9.26. The lowest BCUT2D eigenvalue weighted by atomic mass is 9.95. The van der Waals surface area contributed by atoms with E-state index in [-0.39, 0.29) is 30.3 Å². The number of benzene rings is 1. The fourth-order valence-corrected chi connectivity index (χ4v) is 4.96. The summed E-state index contributed by atoms with van der Waals surface area (Å²) in [6.07, 6.45) is 9.52. The first-order chi connectivity index (χ1) is 15.6. The number of hydrogen-bond acceptors (Lipinski definition) is 3. The Labute approximate surface area is 188 Å². The van der Waals surface area contributed by atoms with Crippen molar-refractivity contribution in [1.29, 1.82) is 0 Å². The molecule has 2 saturated carbocycles. The Hall–Kier alpha value is -3.02. The van der Waals surface area contributed by atoms with Gasteiger partial charge in [-0.1, -0.05) is 37.5 Å². The van der Waals surface area contributed by atoms with Crippen molar-refractivity contribution in [1.82, 2.24) is 15.2 Å². The fourth-order valence-electron chi connectivity index (χ4n) is 4.96. The van der Waals surface area contributed by atoms with Gasteiger partial charge in [-0.3, -0.25) is 9.59 Å². The number of fused-ring (bicyclic) bond motifs is 1. The normalized spacial score (nSPS) is 17.9.